The Kier molecular flexibility index (Phi) is 5.15. The van der Waals surface area contributed by atoms with Crippen molar-refractivity contribution in [2.24, 2.45) is 7.05 Å². The van der Waals surface area contributed by atoms with E-state index in [0.717, 1.165) is 30.2 Å². The largest absolute Gasteiger partial charge is 0.481 e. The van der Waals surface area contributed by atoms with Crippen LogP contribution in [0.1, 0.15) is 44.6 Å². The Bertz CT molecular complexity index is 700. The summed E-state index contributed by atoms with van der Waals surface area (Å²) in [6, 6.07) is 0. The normalized spacial score (nSPS) is 11.1. The molecule has 0 saturated heterocycles. The number of methoxy groups -OCH3 is 1. The highest BCUT2D eigenvalue weighted by molar-refractivity contribution is 5.49. The van der Waals surface area contributed by atoms with Crippen LogP contribution in [0.25, 0.3) is 0 Å². The van der Waals surface area contributed by atoms with Crippen molar-refractivity contribution < 1.29 is 4.74 Å². The van der Waals surface area contributed by atoms with E-state index in [-0.39, 0.29) is 0 Å². The molecule has 1 aromatic carbocycles. The van der Waals surface area contributed by atoms with Crippen LogP contribution in [0.3, 0.4) is 0 Å². The van der Waals surface area contributed by atoms with Crippen molar-refractivity contribution in [3.05, 3.63) is 44.6 Å². The molecule has 0 radical (unpaired) electrons. The standard InChI is InChI=1S/C19H29N3O/c1-11-12(2)14(4)17(15(5)13(11)3)9-20-10-18-16(6)21-22(7)19(18)23-8/h20H,9-10H2,1-8H3. The molecule has 2 rings (SSSR count). The molecule has 0 aliphatic heterocycles. The third-order valence-corrected chi connectivity index (χ3v) is 5.24. The van der Waals surface area contributed by atoms with Crippen molar-refractivity contribution in [3.63, 3.8) is 0 Å². The fourth-order valence-electron chi connectivity index (χ4n) is 3.30. The fraction of sp³-hybridized carbons (Fsp3) is 0.526. The summed E-state index contributed by atoms with van der Waals surface area (Å²) >= 11 is 0. The molecule has 126 valence electrons. The summed E-state index contributed by atoms with van der Waals surface area (Å²) in [5.41, 5.74) is 10.6. The highest BCUT2D eigenvalue weighted by Crippen LogP contribution is 2.26. The van der Waals surface area contributed by atoms with Crippen LogP contribution in [-0.2, 0) is 20.1 Å². The number of hydrogen-bond acceptors (Lipinski definition) is 3. The Morgan fingerprint density at radius 2 is 1.30 bits per heavy atom. The van der Waals surface area contributed by atoms with Gasteiger partial charge in [0.1, 0.15) is 0 Å². The van der Waals surface area contributed by atoms with E-state index in [9.17, 15) is 0 Å². The summed E-state index contributed by atoms with van der Waals surface area (Å²) in [5, 5.41) is 8.00. The van der Waals surface area contributed by atoms with E-state index in [0.29, 0.717) is 0 Å². The van der Waals surface area contributed by atoms with Crippen LogP contribution in [0, 0.1) is 41.5 Å². The number of benzene rings is 1. The molecule has 0 atom stereocenters. The van der Waals surface area contributed by atoms with Gasteiger partial charge in [-0.3, -0.25) is 0 Å². The minimum atomic E-state index is 0.758. The molecule has 0 spiro atoms. The predicted molar refractivity (Wildman–Crippen MR) is 95.2 cm³/mol. The Balaban J connectivity index is 2.20. The lowest BCUT2D eigenvalue weighted by molar-refractivity contribution is 0.368. The summed E-state index contributed by atoms with van der Waals surface area (Å²) < 4.78 is 7.26. The van der Waals surface area contributed by atoms with Crippen LogP contribution < -0.4 is 10.1 Å². The summed E-state index contributed by atoms with van der Waals surface area (Å²) in [7, 11) is 3.61. The molecule has 0 amide bonds. The molecule has 4 heteroatoms. The molecule has 1 heterocycles. The van der Waals surface area contributed by atoms with Crippen molar-refractivity contribution in [2.45, 2.75) is 54.6 Å². The van der Waals surface area contributed by atoms with E-state index in [4.69, 9.17) is 4.74 Å². The molecule has 23 heavy (non-hydrogen) atoms. The second kappa shape index (κ2) is 6.75. The summed E-state index contributed by atoms with van der Waals surface area (Å²) in [4.78, 5) is 0. The number of nitrogens with one attached hydrogen (secondary N) is 1. The van der Waals surface area contributed by atoms with E-state index >= 15 is 0 Å². The van der Waals surface area contributed by atoms with Gasteiger partial charge in [0.25, 0.3) is 0 Å². The van der Waals surface area contributed by atoms with Crippen LogP contribution >= 0.6 is 0 Å². The maximum absolute atomic E-state index is 5.46. The summed E-state index contributed by atoms with van der Waals surface area (Å²) in [6.45, 7) is 14.7. The van der Waals surface area contributed by atoms with E-state index in [1.54, 1.807) is 11.8 Å². The Labute approximate surface area is 139 Å². The Morgan fingerprint density at radius 1 is 0.826 bits per heavy atom. The SMILES string of the molecule is COc1c(CNCc2c(C)c(C)c(C)c(C)c2C)c(C)nn1C. The van der Waals surface area contributed by atoms with Gasteiger partial charge in [-0.1, -0.05) is 0 Å². The molecule has 0 aliphatic carbocycles. The van der Waals surface area contributed by atoms with Crippen LogP contribution in [0.4, 0.5) is 0 Å². The first-order valence-electron chi connectivity index (χ1n) is 8.12. The van der Waals surface area contributed by atoms with E-state index in [1.807, 2.05) is 14.0 Å². The van der Waals surface area contributed by atoms with Crippen molar-refractivity contribution in [1.82, 2.24) is 15.1 Å². The van der Waals surface area contributed by atoms with Crippen LogP contribution in [-0.4, -0.2) is 16.9 Å². The third-order valence-electron chi connectivity index (χ3n) is 5.24. The van der Waals surface area contributed by atoms with Gasteiger partial charge in [0.05, 0.1) is 18.4 Å². The lowest BCUT2D eigenvalue weighted by atomic mass is 9.89. The summed E-state index contributed by atoms with van der Waals surface area (Å²) in [6.07, 6.45) is 0. The second-order valence-electron chi connectivity index (χ2n) is 6.40. The van der Waals surface area contributed by atoms with Crippen LogP contribution in [0.15, 0.2) is 0 Å². The average Bonchev–Trinajstić information content (AvgIpc) is 2.80. The lowest BCUT2D eigenvalue weighted by Gasteiger charge is -2.19. The molecule has 0 saturated carbocycles. The number of ether oxygens (including phenoxy) is 1. The number of aromatic nitrogens is 2. The van der Waals surface area contributed by atoms with Crippen molar-refractivity contribution in [2.75, 3.05) is 7.11 Å². The van der Waals surface area contributed by atoms with E-state index in [1.165, 1.54) is 33.4 Å². The van der Waals surface area contributed by atoms with Crippen molar-refractivity contribution in [1.29, 1.82) is 0 Å². The third kappa shape index (κ3) is 3.13. The number of nitrogens with zero attached hydrogens (tertiary/aromatic N) is 2. The molecule has 0 unspecified atom stereocenters. The van der Waals surface area contributed by atoms with Gasteiger partial charge < -0.3 is 10.1 Å². The first kappa shape index (κ1) is 17.5. The Hall–Kier alpha value is -1.81. The highest BCUT2D eigenvalue weighted by atomic mass is 16.5. The fourth-order valence-corrected chi connectivity index (χ4v) is 3.30. The zero-order valence-corrected chi connectivity index (χ0v) is 15.7. The van der Waals surface area contributed by atoms with Gasteiger partial charge in [0.15, 0.2) is 0 Å². The van der Waals surface area contributed by atoms with Gasteiger partial charge in [-0.05, 0) is 74.9 Å². The molecule has 0 bridgehead atoms. The number of rotatable bonds is 5. The van der Waals surface area contributed by atoms with Gasteiger partial charge in [0, 0.05) is 20.1 Å². The smallest absolute Gasteiger partial charge is 0.216 e. The molecule has 1 aromatic heterocycles. The maximum atomic E-state index is 5.46. The quantitative estimate of drug-likeness (QED) is 0.917. The number of hydrogen-bond donors (Lipinski definition) is 1. The van der Waals surface area contributed by atoms with E-state index < -0.39 is 0 Å². The van der Waals surface area contributed by atoms with Crippen LogP contribution in [0.5, 0.6) is 5.88 Å². The zero-order chi connectivity index (χ0) is 17.3. The van der Waals surface area contributed by atoms with Crippen LogP contribution in [0.2, 0.25) is 0 Å². The van der Waals surface area contributed by atoms with E-state index in [2.05, 4.69) is 45.0 Å². The first-order valence-corrected chi connectivity index (χ1v) is 8.12. The first-order chi connectivity index (χ1) is 10.8. The van der Waals surface area contributed by atoms with Gasteiger partial charge in [-0.15, -0.1) is 0 Å². The molecule has 0 aliphatic rings. The van der Waals surface area contributed by atoms with Crippen molar-refractivity contribution in [3.8, 4) is 5.88 Å². The molecular formula is C19H29N3O. The maximum Gasteiger partial charge on any atom is 0.216 e. The van der Waals surface area contributed by atoms with Gasteiger partial charge in [0.2, 0.25) is 5.88 Å². The molecule has 1 N–H and O–H groups in total. The molecular weight excluding hydrogens is 286 g/mol. The summed E-state index contributed by atoms with van der Waals surface area (Å²) in [5.74, 6) is 0.833. The minimum absolute atomic E-state index is 0.758. The molecule has 2 aromatic rings. The second-order valence-corrected chi connectivity index (χ2v) is 6.40. The molecule has 0 fully saturated rings. The topological polar surface area (TPSA) is 39.1 Å². The highest BCUT2D eigenvalue weighted by Gasteiger charge is 2.15. The number of aryl methyl sites for hydroxylation is 2. The Morgan fingerprint density at radius 3 is 1.83 bits per heavy atom. The van der Waals surface area contributed by atoms with Crippen molar-refractivity contribution >= 4 is 0 Å². The lowest BCUT2D eigenvalue weighted by Crippen LogP contribution is -2.17. The van der Waals surface area contributed by atoms with Gasteiger partial charge in [-0.2, -0.15) is 5.10 Å². The monoisotopic (exact) mass is 315 g/mol. The average molecular weight is 315 g/mol. The minimum Gasteiger partial charge on any atom is -0.481 e. The zero-order valence-electron chi connectivity index (χ0n) is 15.7. The van der Waals surface area contributed by atoms with Gasteiger partial charge in [-0.25, -0.2) is 4.68 Å². The molecule has 4 nitrogen and oxygen atoms in total. The van der Waals surface area contributed by atoms with Gasteiger partial charge >= 0.3 is 0 Å². The predicted octanol–water partition coefficient (Wildman–Crippen LogP) is 3.57.